The predicted molar refractivity (Wildman–Crippen MR) is 100 cm³/mol. The van der Waals surface area contributed by atoms with Gasteiger partial charge in [-0.05, 0) is 41.8 Å². The molecule has 2 N–H and O–H groups in total. The number of nitrogens with one attached hydrogen (secondary N) is 2. The molecule has 0 radical (unpaired) electrons. The van der Waals surface area contributed by atoms with E-state index in [9.17, 15) is 9.59 Å². The number of benzene rings is 2. The predicted octanol–water partition coefficient (Wildman–Crippen LogP) is 2.28. The molecular formula is C20H22N2O5. The van der Waals surface area contributed by atoms with E-state index in [4.69, 9.17) is 14.2 Å². The summed E-state index contributed by atoms with van der Waals surface area (Å²) >= 11 is 0. The molecule has 0 saturated carbocycles. The highest BCUT2D eigenvalue weighted by molar-refractivity contribution is 5.95. The molecule has 0 spiro atoms. The number of hydrogen-bond donors (Lipinski definition) is 2. The second-order valence-corrected chi connectivity index (χ2v) is 6.13. The standard InChI is InChI=1S/C20H22N2O5/c1-25-17-7-4-14(10-18(17)26-2)11-21-19(23)8-5-13-3-6-16-15(9-13)22-20(24)12-27-16/h3-4,6-7,9-10H,5,8,11-12H2,1-2H3,(H,21,23)(H,22,24). The van der Waals surface area contributed by atoms with Gasteiger partial charge in [0.2, 0.25) is 5.91 Å². The summed E-state index contributed by atoms with van der Waals surface area (Å²) in [5.74, 6) is 1.70. The van der Waals surface area contributed by atoms with Gasteiger partial charge in [0, 0.05) is 13.0 Å². The fourth-order valence-corrected chi connectivity index (χ4v) is 2.82. The second-order valence-electron chi connectivity index (χ2n) is 6.13. The van der Waals surface area contributed by atoms with Gasteiger partial charge in [0.05, 0.1) is 19.9 Å². The summed E-state index contributed by atoms with van der Waals surface area (Å²) in [5.41, 5.74) is 2.53. The number of hydrogen-bond acceptors (Lipinski definition) is 5. The molecule has 7 nitrogen and oxygen atoms in total. The van der Waals surface area contributed by atoms with Crippen LogP contribution in [0.4, 0.5) is 5.69 Å². The fourth-order valence-electron chi connectivity index (χ4n) is 2.82. The lowest BCUT2D eigenvalue weighted by Crippen LogP contribution is -2.25. The molecule has 0 aromatic heterocycles. The first kappa shape index (κ1) is 18.6. The summed E-state index contributed by atoms with van der Waals surface area (Å²) in [6, 6.07) is 11.1. The molecule has 2 aromatic carbocycles. The number of methoxy groups -OCH3 is 2. The van der Waals surface area contributed by atoms with Crippen LogP contribution in [0.5, 0.6) is 17.2 Å². The lowest BCUT2D eigenvalue weighted by Gasteiger charge is -2.18. The lowest BCUT2D eigenvalue weighted by atomic mass is 10.1. The van der Waals surface area contributed by atoms with Gasteiger partial charge in [-0.15, -0.1) is 0 Å². The van der Waals surface area contributed by atoms with Crippen LogP contribution in [0.15, 0.2) is 36.4 Å². The SMILES string of the molecule is COc1ccc(CNC(=O)CCc2ccc3c(c2)NC(=O)CO3)cc1OC. The Morgan fingerprint density at radius 1 is 1.11 bits per heavy atom. The Bertz CT molecular complexity index is 850. The Hall–Kier alpha value is -3.22. The van der Waals surface area contributed by atoms with Crippen molar-refractivity contribution in [2.45, 2.75) is 19.4 Å². The Kier molecular flexibility index (Phi) is 5.80. The Labute approximate surface area is 157 Å². The van der Waals surface area contributed by atoms with Crippen molar-refractivity contribution in [3.05, 3.63) is 47.5 Å². The summed E-state index contributed by atoms with van der Waals surface area (Å²) in [6.45, 7) is 0.443. The highest BCUT2D eigenvalue weighted by Crippen LogP contribution is 2.29. The van der Waals surface area contributed by atoms with E-state index in [1.807, 2.05) is 36.4 Å². The maximum absolute atomic E-state index is 12.1. The zero-order chi connectivity index (χ0) is 19.2. The van der Waals surface area contributed by atoms with E-state index in [0.29, 0.717) is 42.3 Å². The summed E-state index contributed by atoms with van der Waals surface area (Å²) in [5, 5.41) is 5.67. The van der Waals surface area contributed by atoms with E-state index in [2.05, 4.69) is 10.6 Å². The van der Waals surface area contributed by atoms with Crippen LogP contribution >= 0.6 is 0 Å². The molecule has 0 atom stereocenters. The molecule has 1 heterocycles. The van der Waals surface area contributed by atoms with Gasteiger partial charge in [-0.3, -0.25) is 9.59 Å². The third-order valence-electron chi connectivity index (χ3n) is 4.26. The summed E-state index contributed by atoms with van der Waals surface area (Å²) < 4.78 is 15.8. The number of anilines is 1. The normalized spacial score (nSPS) is 12.4. The molecule has 0 saturated heterocycles. The number of carbonyl (C=O) groups excluding carboxylic acids is 2. The number of amides is 2. The fraction of sp³-hybridized carbons (Fsp3) is 0.300. The lowest BCUT2D eigenvalue weighted by molar-refractivity contribution is -0.121. The highest BCUT2D eigenvalue weighted by Gasteiger charge is 2.16. The molecular weight excluding hydrogens is 348 g/mol. The first-order chi connectivity index (χ1) is 13.1. The molecule has 0 bridgehead atoms. The van der Waals surface area contributed by atoms with Crippen molar-refractivity contribution in [3.63, 3.8) is 0 Å². The molecule has 27 heavy (non-hydrogen) atoms. The van der Waals surface area contributed by atoms with Crippen LogP contribution < -0.4 is 24.8 Å². The third-order valence-corrected chi connectivity index (χ3v) is 4.26. The average molecular weight is 370 g/mol. The minimum atomic E-state index is -0.174. The van der Waals surface area contributed by atoms with Gasteiger partial charge < -0.3 is 24.8 Å². The number of fused-ring (bicyclic) bond motifs is 1. The van der Waals surface area contributed by atoms with E-state index in [1.54, 1.807) is 14.2 Å². The molecule has 0 unspecified atom stereocenters. The molecule has 142 valence electrons. The summed E-state index contributed by atoms with van der Waals surface area (Å²) in [6.07, 6.45) is 0.918. The van der Waals surface area contributed by atoms with Crippen LogP contribution in [0.25, 0.3) is 0 Å². The number of rotatable bonds is 7. The number of ether oxygens (including phenoxy) is 3. The van der Waals surface area contributed by atoms with Gasteiger partial charge in [0.1, 0.15) is 5.75 Å². The van der Waals surface area contributed by atoms with Crippen molar-refractivity contribution in [2.75, 3.05) is 26.1 Å². The van der Waals surface area contributed by atoms with E-state index in [-0.39, 0.29) is 18.4 Å². The van der Waals surface area contributed by atoms with Crippen LogP contribution in [-0.2, 0) is 22.6 Å². The monoisotopic (exact) mass is 370 g/mol. The Balaban J connectivity index is 1.51. The zero-order valence-electron chi connectivity index (χ0n) is 15.3. The van der Waals surface area contributed by atoms with Crippen LogP contribution in [0, 0.1) is 0 Å². The van der Waals surface area contributed by atoms with Gasteiger partial charge >= 0.3 is 0 Å². The maximum atomic E-state index is 12.1. The molecule has 7 heteroatoms. The molecule has 2 amide bonds. The first-order valence-corrected chi connectivity index (χ1v) is 8.62. The van der Waals surface area contributed by atoms with Gasteiger partial charge in [-0.1, -0.05) is 12.1 Å². The summed E-state index contributed by atoms with van der Waals surface area (Å²) in [7, 11) is 3.16. The zero-order valence-corrected chi connectivity index (χ0v) is 15.3. The average Bonchev–Trinajstić information content (AvgIpc) is 2.70. The van der Waals surface area contributed by atoms with E-state index in [0.717, 1.165) is 11.1 Å². The van der Waals surface area contributed by atoms with Crippen molar-refractivity contribution < 1.29 is 23.8 Å². The van der Waals surface area contributed by atoms with Crippen molar-refractivity contribution in [2.24, 2.45) is 0 Å². The Morgan fingerprint density at radius 3 is 2.67 bits per heavy atom. The molecule has 0 fully saturated rings. The van der Waals surface area contributed by atoms with Crippen LogP contribution in [0.1, 0.15) is 17.5 Å². The topological polar surface area (TPSA) is 85.9 Å². The quantitative estimate of drug-likeness (QED) is 0.781. The minimum Gasteiger partial charge on any atom is -0.493 e. The highest BCUT2D eigenvalue weighted by atomic mass is 16.5. The van der Waals surface area contributed by atoms with E-state index < -0.39 is 0 Å². The number of aryl methyl sites for hydroxylation is 1. The number of carbonyl (C=O) groups is 2. The largest absolute Gasteiger partial charge is 0.493 e. The molecule has 0 aliphatic carbocycles. The van der Waals surface area contributed by atoms with Crippen LogP contribution in [0.3, 0.4) is 0 Å². The molecule has 1 aliphatic rings. The van der Waals surface area contributed by atoms with Crippen molar-refractivity contribution in [1.82, 2.24) is 5.32 Å². The molecule has 3 rings (SSSR count). The molecule has 1 aliphatic heterocycles. The van der Waals surface area contributed by atoms with Crippen LogP contribution in [0.2, 0.25) is 0 Å². The van der Waals surface area contributed by atoms with Gasteiger partial charge in [0.25, 0.3) is 5.91 Å². The maximum Gasteiger partial charge on any atom is 0.262 e. The minimum absolute atomic E-state index is 0.0326. The summed E-state index contributed by atoms with van der Waals surface area (Å²) in [4.78, 5) is 23.5. The van der Waals surface area contributed by atoms with Gasteiger partial charge in [0.15, 0.2) is 18.1 Å². The smallest absolute Gasteiger partial charge is 0.262 e. The van der Waals surface area contributed by atoms with Crippen molar-refractivity contribution in [1.29, 1.82) is 0 Å². The van der Waals surface area contributed by atoms with Crippen molar-refractivity contribution in [3.8, 4) is 17.2 Å². The van der Waals surface area contributed by atoms with E-state index >= 15 is 0 Å². The second kappa shape index (κ2) is 8.44. The third kappa shape index (κ3) is 4.69. The van der Waals surface area contributed by atoms with Crippen molar-refractivity contribution >= 4 is 17.5 Å². The van der Waals surface area contributed by atoms with Crippen LogP contribution in [-0.4, -0.2) is 32.6 Å². The Morgan fingerprint density at radius 2 is 1.89 bits per heavy atom. The van der Waals surface area contributed by atoms with Gasteiger partial charge in [-0.2, -0.15) is 0 Å². The molecule has 2 aromatic rings. The first-order valence-electron chi connectivity index (χ1n) is 8.62. The van der Waals surface area contributed by atoms with Gasteiger partial charge in [-0.25, -0.2) is 0 Å². The van der Waals surface area contributed by atoms with E-state index in [1.165, 1.54) is 0 Å².